The van der Waals surface area contributed by atoms with Gasteiger partial charge in [0.05, 0.1) is 24.4 Å². The smallest absolute Gasteiger partial charge is 0.494 e. The van der Waals surface area contributed by atoms with E-state index in [1.807, 2.05) is 72.8 Å². The van der Waals surface area contributed by atoms with Crippen molar-refractivity contribution in [3.8, 4) is 70.0 Å². The highest BCUT2D eigenvalue weighted by atomic mass is 79.9. The Morgan fingerprint density at radius 2 is 0.740 bits per heavy atom. The standard InChI is InChI=1S/C46H46O.C30H37BO2.C22H21BrO/c1-8-9-10-15-26-47-39-24-20-32(21-25-39)16-11-12-17-33-18-13-14-19-40(33)41-30-36-29-37(45(2,3)4)27-34-22-23-35-28-38(46(5,6)7)31-42(41)44(35)43(34)36;1-27(2,3)21-13-18-11-12-19-14-22(28(4,5)6)17-23-24(16-20(15-21)25(18)26(19)23)31-32-29(7,8)30(9,10)33-31;1-2-3-4-9-18-24-21-16-14-19(15-17-21)10-5-6-11-20-12-7-8-13-22(20)23/h13-14,18-25,27-31H,8-10,15,26H2,1-7H3;11-17H,1-10H3;7-8,12-17H,2-4,9,18H2,1H3. The highest BCUT2D eigenvalue weighted by Gasteiger charge is 2.52. The largest absolute Gasteiger partial charge is 0.495 e. The van der Waals surface area contributed by atoms with Gasteiger partial charge in [-0.3, -0.25) is 0 Å². The highest BCUT2D eigenvalue weighted by molar-refractivity contribution is 9.10. The number of benzene rings is 12. The average molecular weight is 1440 g/mol. The predicted octanol–water partition coefficient (Wildman–Crippen LogP) is 25.5. The Balaban J connectivity index is 0.000000166. The fourth-order valence-electron chi connectivity index (χ4n) is 13.5. The van der Waals surface area contributed by atoms with Crippen molar-refractivity contribution < 1.29 is 18.8 Å². The van der Waals surface area contributed by atoms with E-state index in [9.17, 15) is 0 Å². The topological polar surface area (TPSA) is 36.9 Å². The molecule has 6 heteroatoms. The van der Waals surface area contributed by atoms with Gasteiger partial charge in [0, 0.05) is 26.7 Å². The Labute approximate surface area is 630 Å². The first-order valence-corrected chi connectivity index (χ1v) is 38.4. The average Bonchev–Trinajstić information content (AvgIpc) is 0.933. The van der Waals surface area contributed by atoms with Crippen LogP contribution in [0.3, 0.4) is 0 Å². The monoisotopic (exact) mass is 1430 g/mol. The Kier molecular flexibility index (Phi) is 23.3. The fraction of sp³-hybridized carbons (Fsp3) is 0.347. The quantitative estimate of drug-likeness (QED) is 0.0471. The number of ether oxygens (including phenoxy) is 2. The summed E-state index contributed by atoms with van der Waals surface area (Å²) in [4.78, 5) is 0. The fourth-order valence-corrected chi connectivity index (χ4v) is 13.9. The van der Waals surface area contributed by atoms with E-state index in [1.165, 1.54) is 131 Å². The van der Waals surface area contributed by atoms with Crippen LogP contribution in [0.4, 0.5) is 0 Å². The van der Waals surface area contributed by atoms with Crippen molar-refractivity contribution in [3.05, 3.63) is 231 Å². The Bertz CT molecular complexity index is 5290. The summed E-state index contributed by atoms with van der Waals surface area (Å²) in [7, 11) is -0.393. The van der Waals surface area contributed by atoms with E-state index in [1.54, 1.807) is 0 Å². The minimum absolute atomic E-state index is 0.0228. The van der Waals surface area contributed by atoms with Crippen LogP contribution in [0.2, 0.25) is 0 Å². The van der Waals surface area contributed by atoms with Gasteiger partial charge in [-0.25, -0.2) is 0 Å². The van der Waals surface area contributed by atoms with E-state index in [0.29, 0.717) is 0 Å². The lowest BCUT2D eigenvalue weighted by Gasteiger charge is -2.32. The maximum Gasteiger partial charge on any atom is 0.495 e. The Morgan fingerprint density at radius 3 is 1.19 bits per heavy atom. The molecule has 1 aliphatic heterocycles. The molecule has 0 amide bonds. The number of unbranched alkanes of at least 4 members (excludes halogenated alkanes) is 6. The molecule has 0 radical (unpaired) electrons. The summed E-state index contributed by atoms with van der Waals surface area (Å²) >= 11 is 3.47. The first-order chi connectivity index (χ1) is 49.4. The van der Waals surface area contributed by atoms with Crippen LogP contribution in [-0.2, 0) is 31.0 Å². The zero-order valence-electron chi connectivity index (χ0n) is 65.0. The van der Waals surface area contributed by atoms with Crippen LogP contribution in [-0.4, -0.2) is 31.5 Å². The molecule has 4 nitrogen and oxygen atoms in total. The van der Waals surface area contributed by atoms with Gasteiger partial charge in [-0.15, -0.1) is 0 Å². The molecule has 1 aliphatic rings. The molecule has 104 heavy (non-hydrogen) atoms. The summed E-state index contributed by atoms with van der Waals surface area (Å²) in [5.74, 6) is 26.5. The Morgan fingerprint density at radius 1 is 0.365 bits per heavy atom. The van der Waals surface area contributed by atoms with Crippen LogP contribution in [0.5, 0.6) is 11.5 Å². The molecule has 13 rings (SSSR count). The molecule has 0 unspecified atom stereocenters. The second-order valence-corrected chi connectivity index (χ2v) is 34.2. The van der Waals surface area contributed by atoms with Crippen molar-refractivity contribution in [2.24, 2.45) is 0 Å². The Hall–Kier alpha value is -8.98. The van der Waals surface area contributed by atoms with Gasteiger partial charge in [0.25, 0.3) is 0 Å². The van der Waals surface area contributed by atoms with Gasteiger partial charge in [0.1, 0.15) is 11.5 Å². The van der Waals surface area contributed by atoms with Gasteiger partial charge in [0.2, 0.25) is 0 Å². The lowest BCUT2D eigenvalue weighted by atomic mass is 9.72. The predicted molar refractivity (Wildman–Crippen MR) is 450 cm³/mol. The van der Waals surface area contributed by atoms with Crippen LogP contribution in [0.1, 0.15) is 221 Å². The molecule has 12 aromatic carbocycles. The minimum Gasteiger partial charge on any atom is -0.494 e. The lowest BCUT2D eigenvalue weighted by Crippen LogP contribution is -2.41. The van der Waals surface area contributed by atoms with Crippen LogP contribution >= 0.6 is 15.9 Å². The number of hydrogen-bond donors (Lipinski definition) is 0. The van der Waals surface area contributed by atoms with E-state index >= 15 is 0 Å². The minimum atomic E-state index is -0.393. The molecule has 0 spiro atoms. The van der Waals surface area contributed by atoms with Crippen LogP contribution in [0.25, 0.3) is 75.8 Å². The molecule has 1 saturated heterocycles. The van der Waals surface area contributed by atoms with E-state index < -0.39 is 7.12 Å². The van der Waals surface area contributed by atoms with Gasteiger partial charge in [-0.2, -0.15) is 0 Å². The van der Waals surface area contributed by atoms with Gasteiger partial charge in [-0.1, -0.05) is 262 Å². The molecule has 0 atom stereocenters. The van der Waals surface area contributed by atoms with Crippen LogP contribution in [0, 0.1) is 47.4 Å². The highest BCUT2D eigenvalue weighted by Crippen LogP contribution is 2.46. The van der Waals surface area contributed by atoms with Crippen LogP contribution in [0.15, 0.2) is 186 Å². The summed E-state index contributed by atoms with van der Waals surface area (Å²) in [6, 6.07) is 65.2. The number of rotatable bonds is 14. The normalized spacial score (nSPS) is 13.5. The molecule has 1 heterocycles. The molecule has 0 bridgehead atoms. The summed E-state index contributed by atoms with van der Waals surface area (Å²) in [5.41, 5.74) is 12.1. The molecule has 0 aliphatic carbocycles. The van der Waals surface area contributed by atoms with Gasteiger partial charge < -0.3 is 18.8 Å². The SMILES string of the molecule is CC(C)(C)c1cc2ccc3cc(C(C)(C)C)cc4c(B5OC(C)(C)C(C)(C)O5)cc(c1)c2c34.CCCCCCOc1ccc(C#CC#Cc2ccccc2-c2cc3cc(C(C)(C)C)cc4ccc5cc(C(C)(C)C)cc2c5c43)cc1.CCCCCCOc1ccc(C#CC#Cc2ccccc2Br)cc1. The van der Waals surface area contributed by atoms with E-state index in [0.717, 1.165) is 75.3 Å². The first-order valence-electron chi connectivity index (χ1n) is 37.6. The number of hydrogen-bond acceptors (Lipinski definition) is 4. The van der Waals surface area contributed by atoms with E-state index in [-0.39, 0.29) is 32.9 Å². The molecule has 0 aromatic heterocycles. The molecule has 1 fully saturated rings. The third-order valence-electron chi connectivity index (χ3n) is 20.6. The van der Waals surface area contributed by atoms with Crippen LogP contribution < -0.4 is 14.9 Å². The molecule has 0 N–H and O–H groups in total. The first kappa shape index (κ1) is 76.2. The summed E-state index contributed by atoms with van der Waals surface area (Å²) < 4.78 is 25.8. The zero-order chi connectivity index (χ0) is 74.4. The maximum atomic E-state index is 6.58. The molecular weight excluding hydrogens is 1330 g/mol. The van der Waals surface area contributed by atoms with Crippen molar-refractivity contribution in [1.29, 1.82) is 0 Å². The van der Waals surface area contributed by atoms with Crippen molar-refractivity contribution in [2.45, 2.75) is 209 Å². The summed E-state index contributed by atoms with van der Waals surface area (Å²) in [6.07, 6.45) is 9.67. The maximum absolute atomic E-state index is 6.58. The van der Waals surface area contributed by atoms with Crippen molar-refractivity contribution in [1.82, 2.24) is 0 Å². The third-order valence-corrected chi connectivity index (χ3v) is 21.3. The van der Waals surface area contributed by atoms with Crippen molar-refractivity contribution >= 4 is 93.1 Å². The molecule has 530 valence electrons. The second-order valence-electron chi connectivity index (χ2n) is 33.3. The van der Waals surface area contributed by atoms with E-state index in [2.05, 4.69) is 297 Å². The van der Waals surface area contributed by atoms with Gasteiger partial charge >= 0.3 is 7.12 Å². The third kappa shape index (κ3) is 17.9. The van der Waals surface area contributed by atoms with Gasteiger partial charge in [0.15, 0.2) is 0 Å². The molecule has 0 saturated carbocycles. The molecular formula is C98H104BBrO4. The molecule has 12 aromatic rings. The zero-order valence-corrected chi connectivity index (χ0v) is 66.6. The van der Waals surface area contributed by atoms with Gasteiger partial charge in [-0.05, 0) is 284 Å². The van der Waals surface area contributed by atoms with Crippen molar-refractivity contribution in [2.75, 3.05) is 13.2 Å². The summed E-state index contributed by atoms with van der Waals surface area (Å²) in [6.45, 7) is 41.9. The second kappa shape index (κ2) is 31.8. The number of halogens is 1. The van der Waals surface area contributed by atoms with E-state index in [4.69, 9.17) is 18.8 Å². The summed E-state index contributed by atoms with van der Waals surface area (Å²) in [5, 5.41) is 15.6. The van der Waals surface area contributed by atoms with Crippen molar-refractivity contribution in [3.63, 3.8) is 0 Å². The lowest BCUT2D eigenvalue weighted by molar-refractivity contribution is 0.00578.